The maximum atomic E-state index is 11.6. The monoisotopic (exact) mass is 381 g/mol. The molecular weight excluding hydrogens is 350 g/mol. The van der Waals surface area contributed by atoms with Crippen LogP contribution in [0, 0.1) is 0 Å². The van der Waals surface area contributed by atoms with Crippen molar-refractivity contribution in [3.05, 3.63) is 35.9 Å². The van der Waals surface area contributed by atoms with Gasteiger partial charge in [0.05, 0.1) is 12.6 Å². The maximum Gasteiger partial charge on any atom is 0.407 e. The smallest absolute Gasteiger partial charge is 0.407 e. The number of unbranched alkanes of at least 4 members (excludes halogenated alkanes) is 1. The lowest BCUT2D eigenvalue weighted by atomic mass is 10.1. The van der Waals surface area contributed by atoms with Gasteiger partial charge in [-0.1, -0.05) is 30.3 Å². The lowest BCUT2D eigenvalue weighted by molar-refractivity contribution is 0.139. The second-order valence-corrected chi connectivity index (χ2v) is 7.62. The predicted octanol–water partition coefficient (Wildman–Crippen LogP) is 2.71. The van der Waals surface area contributed by atoms with Gasteiger partial charge >= 0.3 is 6.09 Å². The van der Waals surface area contributed by atoms with Crippen LogP contribution in [0.25, 0.3) is 0 Å². The zero-order valence-electron chi connectivity index (χ0n) is 15.9. The molecule has 6 nitrogen and oxygen atoms in total. The van der Waals surface area contributed by atoms with E-state index in [0.29, 0.717) is 11.7 Å². The average Bonchev–Trinajstić information content (AvgIpc) is 2.58. The third kappa shape index (κ3) is 10.9. The fourth-order valence-electron chi connectivity index (χ4n) is 2.25. The van der Waals surface area contributed by atoms with Gasteiger partial charge in [0, 0.05) is 12.1 Å². The van der Waals surface area contributed by atoms with Gasteiger partial charge < -0.3 is 25.8 Å². The van der Waals surface area contributed by atoms with Gasteiger partial charge in [0.15, 0.2) is 5.11 Å². The SMILES string of the molecule is CC(C)(C)NC(=S)NC(CO)CCCCNC(=O)OCc1ccccc1. The molecule has 1 rings (SSSR count). The minimum Gasteiger partial charge on any atom is -0.445 e. The van der Waals surface area contributed by atoms with Crippen molar-refractivity contribution in [3.63, 3.8) is 0 Å². The zero-order chi connectivity index (χ0) is 19.4. The van der Waals surface area contributed by atoms with Gasteiger partial charge in [-0.25, -0.2) is 4.79 Å². The Morgan fingerprint density at radius 2 is 1.92 bits per heavy atom. The lowest BCUT2D eigenvalue weighted by Crippen LogP contribution is -2.50. The van der Waals surface area contributed by atoms with Crippen molar-refractivity contribution >= 4 is 23.4 Å². The molecule has 0 saturated carbocycles. The van der Waals surface area contributed by atoms with Crippen molar-refractivity contribution in [3.8, 4) is 0 Å². The van der Waals surface area contributed by atoms with Crippen LogP contribution in [0.1, 0.15) is 45.6 Å². The fraction of sp³-hybridized carbons (Fsp3) is 0.579. The summed E-state index contributed by atoms with van der Waals surface area (Å²) in [4.78, 5) is 11.6. The minimum absolute atomic E-state index is 0.0124. The molecule has 0 saturated heterocycles. The molecule has 1 unspecified atom stereocenters. The minimum atomic E-state index is -0.416. The number of nitrogens with one attached hydrogen (secondary N) is 3. The van der Waals surface area contributed by atoms with E-state index < -0.39 is 6.09 Å². The Morgan fingerprint density at radius 1 is 1.23 bits per heavy atom. The Balaban J connectivity index is 2.12. The molecule has 0 radical (unpaired) electrons. The van der Waals surface area contributed by atoms with Gasteiger partial charge in [0.2, 0.25) is 0 Å². The van der Waals surface area contributed by atoms with Gasteiger partial charge in [0.25, 0.3) is 0 Å². The quantitative estimate of drug-likeness (QED) is 0.389. The first kappa shape index (κ1) is 22.2. The molecule has 1 atom stereocenters. The number of alkyl carbamates (subject to hydrolysis) is 1. The van der Waals surface area contributed by atoms with Crippen molar-refractivity contribution in [2.75, 3.05) is 13.2 Å². The van der Waals surface area contributed by atoms with E-state index in [0.717, 1.165) is 24.8 Å². The third-order valence-electron chi connectivity index (χ3n) is 3.51. The van der Waals surface area contributed by atoms with Gasteiger partial charge in [-0.15, -0.1) is 0 Å². The first-order valence-electron chi connectivity index (χ1n) is 8.94. The summed E-state index contributed by atoms with van der Waals surface area (Å²) in [5, 5.41) is 19.0. The molecule has 0 aliphatic carbocycles. The topological polar surface area (TPSA) is 82.6 Å². The van der Waals surface area contributed by atoms with E-state index in [2.05, 4.69) is 16.0 Å². The van der Waals surface area contributed by atoms with E-state index in [1.165, 1.54) is 0 Å². The van der Waals surface area contributed by atoms with Crippen LogP contribution in [0.5, 0.6) is 0 Å². The third-order valence-corrected chi connectivity index (χ3v) is 3.73. The number of aliphatic hydroxyl groups excluding tert-OH is 1. The maximum absolute atomic E-state index is 11.6. The standard InChI is InChI=1S/C19H31N3O3S/c1-19(2,3)22-17(26)21-16(13-23)11-7-8-12-20-18(24)25-14-15-9-5-4-6-10-15/h4-6,9-10,16,23H,7-8,11-14H2,1-3H3,(H,20,24)(H2,21,22,26). The van der Waals surface area contributed by atoms with Crippen LogP contribution in [-0.4, -0.2) is 41.0 Å². The second-order valence-electron chi connectivity index (χ2n) is 7.21. The van der Waals surface area contributed by atoms with E-state index >= 15 is 0 Å². The van der Waals surface area contributed by atoms with E-state index in [4.69, 9.17) is 17.0 Å². The summed E-state index contributed by atoms with van der Waals surface area (Å²) in [5.74, 6) is 0. The number of aliphatic hydroxyl groups is 1. The van der Waals surface area contributed by atoms with Gasteiger partial charge in [-0.3, -0.25) is 0 Å². The number of ether oxygens (including phenoxy) is 1. The van der Waals surface area contributed by atoms with Crippen LogP contribution >= 0.6 is 12.2 Å². The number of carbonyl (C=O) groups is 1. The highest BCUT2D eigenvalue weighted by Gasteiger charge is 2.14. The summed E-state index contributed by atoms with van der Waals surface area (Å²) in [6.07, 6.45) is 2.01. The number of hydrogen-bond acceptors (Lipinski definition) is 4. The van der Waals surface area contributed by atoms with Crippen LogP contribution in [0.2, 0.25) is 0 Å². The molecule has 26 heavy (non-hydrogen) atoms. The molecule has 0 heterocycles. The number of carbonyl (C=O) groups excluding carboxylic acids is 1. The summed E-state index contributed by atoms with van der Waals surface area (Å²) < 4.78 is 5.15. The van der Waals surface area contributed by atoms with Crippen molar-refractivity contribution in [2.45, 2.75) is 58.2 Å². The van der Waals surface area contributed by atoms with Crippen LogP contribution in [0.3, 0.4) is 0 Å². The molecule has 1 aromatic rings. The molecule has 1 amide bonds. The molecule has 0 aliphatic rings. The molecule has 146 valence electrons. The summed E-state index contributed by atoms with van der Waals surface area (Å²) in [7, 11) is 0. The summed E-state index contributed by atoms with van der Waals surface area (Å²) in [6.45, 7) is 6.89. The zero-order valence-corrected chi connectivity index (χ0v) is 16.7. The van der Waals surface area contributed by atoms with E-state index in [1.54, 1.807) is 0 Å². The number of benzene rings is 1. The number of hydrogen-bond donors (Lipinski definition) is 4. The molecule has 0 aliphatic heterocycles. The Kier molecular flexibility index (Phi) is 9.98. The van der Waals surface area contributed by atoms with Crippen molar-refractivity contribution < 1.29 is 14.6 Å². The second kappa shape index (κ2) is 11.7. The highest BCUT2D eigenvalue weighted by molar-refractivity contribution is 7.80. The van der Waals surface area contributed by atoms with Crippen molar-refractivity contribution in [1.82, 2.24) is 16.0 Å². The molecule has 0 fully saturated rings. The number of rotatable bonds is 9. The van der Waals surface area contributed by atoms with Gasteiger partial charge in [-0.05, 0) is 57.8 Å². The lowest BCUT2D eigenvalue weighted by Gasteiger charge is -2.26. The molecule has 4 N–H and O–H groups in total. The Morgan fingerprint density at radius 3 is 2.54 bits per heavy atom. The first-order valence-corrected chi connectivity index (χ1v) is 9.35. The Labute approximate surface area is 161 Å². The molecule has 7 heteroatoms. The van der Waals surface area contributed by atoms with E-state index in [1.807, 2.05) is 51.1 Å². The summed E-state index contributed by atoms with van der Waals surface area (Å²) in [6, 6.07) is 9.46. The number of thiocarbonyl (C=S) groups is 1. The Bertz CT molecular complexity index is 547. The molecule has 0 bridgehead atoms. The van der Waals surface area contributed by atoms with Crippen LogP contribution < -0.4 is 16.0 Å². The average molecular weight is 382 g/mol. The molecular formula is C19H31N3O3S. The van der Waals surface area contributed by atoms with Crippen molar-refractivity contribution in [2.24, 2.45) is 0 Å². The summed E-state index contributed by atoms with van der Waals surface area (Å²) in [5.41, 5.74) is 0.841. The largest absolute Gasteiger partial charge is 0.445 e. The van der Waals surface area contributed by atoms with E-state index in [9.17, 15) is 9.90 Å². The molecule has 0 aromatic heterocycles. The summed E-state index contributed by atoms with van der Waals surface area (Å²) >= 11 is 5.24. The van der Waals surface area contributed by atoms with Crippen molar-refractivity contribution in [1.29, 1.82) is 0 Å². The van der Waals surface area contributed by atoms with Crippen LogP contribution in [0.4, 0.5) is 4.79 Å². The normalized spacial score (nSPS) is 12.2. The van der Waals surface area contributed by atoms with Crippen LogP contribution in [-0.2, 0) is 11.3 Å². The van der Waals surface area contributed by atoms with E-state index in [-0.39, 0.29) is 24.8 Å². The predicted molar refractivity (Wildman–Crippen MR) is 108 cm³/mol. The Hall–Kier alpha value is -1.86. The highest BCUT2D eigenvalue weighted by atomic mass is 32.1. The van der Waals surface area contributed by atoms with Gasteiger partial charge in [-0.2, -0.15) is 0 Å². The molecule has 0 spiro atoms. The van der Waals surface area contributed by atoms with Crippen LogP contribution in [0.15, 0.2) is 30.3 Å². The highest BCUT2D eigenvalue weighted by Crippen LogP contribution is 2.03. The fourth-order valence-corrected chi connectivity index (χ4v) is 2.72. The first-order chi connectivity index (χ1) is 12.3. The number of amides is 1. The molecule has 1 aromatic carbocycles. The van der Waals surface area contributed by atoms with Gasteiger partial charge in [0.1, 0.15) is 6.61 Å².